The van der Waals surface area contributed by atoms with E-state index in [2.05, 4.69) is 10.2 Å². The molecule has 3 N–H and O–H groups in total. The number of nitrogen functional groups attached to an aromatic ring is 1. The topological polar surface area (TPSA) is 76.8 Å². The van der Waals surface area contributed by atoms with Crippen LogP contribution in [0.5, 0.6) is 5.75 Å². The molecule has 0 unspecified atom stereocenters. The first-order chi connectivity index (χ1) is 9.58. The molecule has 0 saturated carbocycles. The number of ether oxygens (including phenoxy) is 2. The highest BCUT2D eigenvalue weighted by Crippen LogP contribution is 2.21. The van der Waals surface area contributed by atoms with E-state index in [1.54, 1.807) is 32.4 Å². The maximum atomic E-state index is 11.9. The van der Waals surface area contributed by atoms with Gasteiger partial charge in [-0.3, -0.25) is 4.79 Å². The Hall–Kier alpha value is -1.79. The fraction of sp³-hybridized carbons (Fsp3) is 0.500. The lowest BCUT2D eigenvalue weighted by molar-refractivity contribution is 0.0947. The molecule has 1 amide bonds. The number of nitrogens with two attached hydrogens (primary N) is 1. The molecule has 0 bridgehead atoms. The largest absolute Gasteiger partial charge is 0.495 e. The number of benzene rings is 1. The first-order valence-electron chi connectivity index (χ1n) is 6.47. The summed E-state index contributed by atoms with van der Waals surface area (Å²) >= 11 is 0. The van der Waals surface area contributed by atoms with Gasteiger partial charge in [0.2, 0.25) is 0 Å². The van der Waals surface area contributed by atoms with Crippen molar-refractivity contribution in [3.8, 4) is 5.75 Å². The quantitative estimate of drug-likeness (QED) is 0.682. The number of likely N-dealkylation sites (N-methyl/N-ethyl adjacent to an activating group) is 1. The van der Waals surface area contributed by atoms with Crippen LogP contribution in [0.3, 0.4) is 0 Å². The van der Waals surface area contributed by atoms with E-state index in [1.807, 2.05) is 7.05 Å². The number of hydrogen-bond acceptors (Lipinski definition) is 5. The Balaban J connectivity index is 2.41. The van der Waals surface area contributed by atoms with Gasteiger partial charge in [0.05, 0.1) is 19.4 Å². The average molecular weight is 281 g/mol. The Kier molecular flexibility index (Phi) is 6.83. The second-order valence-corrected chi connectivity index (χ2v) is 4.51. The number of carbonyl (C=O) groups is 1. The molecular formula is C14H23N3O3. The number of hydrogen-bond donors (Lipinski definition) is 2. The van der Waals surface area contributed by atoms with E-state index in [-0.39, 0.29) is 5.91 Å². The maximum Gasteiger partial charge on any atom is 0.251 e. The molecule has 6 heteroatoms. The van der Waals surface area contributed by atoms with Crippen LogP contribution < -0.4 is 15.8 Å². The molecule has 6 nitrogen and oxygen atoms in total. The SMILES string of the molecule is COCCN(C)CCNC(=O)c1ccc(OC)c(N)c1. The van der Waals surface area contributed by atoms with Crippen molar-refractivity contribution in [2.45, 2.75) is 0 Å². The minimum atomic E-state index is -0.139. The third-order valence-electron chi connectivity index (χ3n) is 2.95. The van der Waals surface area contributed by atoms with Gasteiger partial charge < -0.3 is 25.4 Å². The Morgan fingerprint density at radius 3 is 2.70 bits per heavy atom. The molecule has 0 radical (unpaired) electrons. The van der Waals surface area contributed by atoms with Crippen molar-refractivity contribution < 1.29 is 14.3 Å². The second kappa shape index (κ2) is 8.39. The molecule has 0 fully saturated rings. The van der Waals surface area contributed by atoms with E-state index in [4.69, 9.17) is 15.2 Å². The molecule has 1 aromatic carbocycles. The summed E-state index contributed by atoms with van der Waals surface area (Å²) in [5.41, 5.74) is 6.76. The third kappa shape index (κ3) is 5.07. The molecule has 0 heterocycles. The number of amides is 1. The molecule has 1 aromatic rings. The number of methoxy groups -OCH3 is 2. The summed E-state index contributed by atoms with van der Waals surface area (Å²) < 4.78 is 10.0. The maximum absolute atomic E-state index is 11.9. The summed E-state index contributed by atoms with van der Waals surface area (Å²) in [7, 11) is 5.20. The van der Waals surface area contributed by atoms with Crippen LogP contribution in [0.1, 0.15) is 10.4 Å². The molecular weight excluding hydrogens is 258 g/mol. The summed E-state index contributed by atoms with van der Waals surface area (Å²) in [5.74, 6) is 0.431. The number of nitrogens with one attached hydrogen (secondary N) is 1. The van der Waals surface area contributed by atoms with E-state index in [9.17, 15) is 4.79 Å². The third-order valence-corrected chi connectivity index (χ3v) is 2.95. The molecule has 0 spiro atoms. The predicted molar refractivity (Wildman–Crippen MR) is 79.1 cm³/mol. The van der Waals surface area contributed by atoms with E-state index < -0.39 is 0 Å². The van der Waals surface area contributed by atoms with Crippen molar-refractivity contribution in [1.29, 1.82) is 0 Å². The Bertz CT molecular complexity index is 438. The monoisotopic (exact) mass is 281 g/mol. The number of carbonyl (C=O) groups excluding carboxylic acids is 1. The summed E-state index contributed by atoms with van der Waals surface area (Å²) in [6.07, 6.45) is 0. The summed E-state index contributed by atoms with van der Waals surface area (Å²) in [6, 6.07) is 5.00. The lowest BCUT2D eigenvalue weighted by Crippen LogP contribution is -2.34. The van der Waals surface area contributed by atoms with Crippen LogP contribution in [-0.2, 0) is 4.74 Å². The molecule has 20 heavy (non-hydrogen) atoms. The normalized spacial score (nSPS) is 10.6. The van der Waals surface area contributed by atoms with Gasteiger partial charge in [0.25, 0.3) is 5.91 Å². The molecule has 112 valence electrons. The minimum Gasteiger partial charge on any atom is -0.495 e. The van der Waals surface area contributed by atoms with Crippen molar-refractivity contribution in [2.75, 3.05) is 53.2 Å². The van der Waals surface area contributed by atoms with E-state index in [1.165, 1.54) is 0 Å². The lowest BCUT2D eigenvalue weighted by atomic mass is 10.2. The molecule has 1 rings (SSSR count). The van der Waals surface area contributed by atoms with Crippen LogP contribution in [0.4, 0.5) is 5.69 Å². The molecule has 0 aliphatic heterocycles. The van der Waals surface area contributed by atoms with Crippen LogP contribution in [-0.4, -0.2) is 58.3 Å². The number of nitrogens with zero attached hydrogens (tertiary/aromatic N) is 1. The standard InChI is InChI=1S/C14H23N3O3/c1-17(8-9-19-2)7-6-16-14(18)11-4-5-13(20-3)12(15)10-11/h4-5,10H,6-9,15H2,1-3H3,(H,16,18). The van der Waals surface area contributed by atoms with E-state index in [0.29, 0.717) is 30.2 Å². The first-order valence-corrected chi connectivity index (χ1v) is 6.47. The van der Waals surface area contributed by atoms with Crippen molar-refractivity contribution in [3.63, 3.8) is 0 Å². The van der Waals surface area contributed by atoms with E-state index in [0.717, 1.165) is 13.1 Å². The van der Waals surface area contributed by atoms with Gasteiger partial charge >= 0.3 is 0 Å². The first kappa shape index (κ1) is 16.3. The highest BCUT2D eigenvalue weighted by atomic mass is 16.5. The fourth-order valence-corrected chi connectivity index (χ4v) is 1.70. The van der Waals surface area contributed by atoms with Gasteiger partial charge in [-0.2, -0.15) is 0 Å². The minimum absolute atomic E-state index is 0.139. The summed E-state index contributed by atoms with van der Waals surface area (Å²) in [5, 5.41) is 2.85. The lowest BCUT2D eigenvalue weighted by Gasteiger charge is -2.16. The number of anilines is 1. The smallest absolute Gasteiger partial charge is 0.251 e. The Morgan fingerprint density at radius 2 is 2.10 bits per heavy atom. The Morgan fingerprint density at radius 1 is 1.35 bits per heavy atom. The zero-order chi connectivity index (χ0) is 15.0. The van der Waals surface area contributed by atoms with Crippen molar-refractivity contribution in [2.24, 2.45) is 0 Å². The number of rotatable bonds is 8. The van der Waals surface area contributed by atoms with Crippen molar-refractivity contribution in [1.82, 2.24) is 10.2 Å². The van der Waals surface area contributed by atoms with Gasteiger partial charge in [-0.25, -0.2) is 0 Å². The van der Waals surface area contributed by atoms with Crippen LogP contribution in [0.2, 0.25) is 0 Å². The highest BCUT2D eigenvalue weighted by Gasteiger charge is 2.08. The van der Waals surface area contributed by atoms with Crippen LogP contribution in [0.15, 0.2) is 18.2 Å². The molecule has 0 atom stereocenters. The second-order valence-electron chi connectivity index (χ2n) is 4.51. The van der Waals surface area contributed by atoms with Gasteiger partial charge in [0.1, 0.15) is 5.75 Å². The van der Waals surface area contributed by atoms with Gasteiger partial charge in [-0.1, -0.05) is 0 Å². The van der Waals surface area contributed by atoms with Crippen LogP contribution in [0.25, 0.3) is 0 Å². The molecule has 0 aliphatic rings. The van der Waals surface area contributed by atoms with Crippen molar-refractivity contribution in [3.05, 3.63) is 23.8 Å². The average Bonchev–Trinajstić information content (AvgIpc) is 2.44. The zero-order valence-electron chi connectivity index (χ0n) is 12.3. The van der Waals surface area contributed by atoms with Gasteiger partial charge in [-0.15, -0.1) is 0 Å². The van der Waals surface area contributed by atoms with E-state index >= 15 is 0 Å². The van der Waals surface area contributed by atoms with Crippen LogP contribution in [0, 0.1) is 0 Å². The van der Waals surface area contributed by atoms with Gasteiger partial charge in [0, 0.05) is 32.3 Å². The van der Waals surface area contributed by atoms with Gasteiger partial charge in [0.15, 0.2) is 0 Å². The summed E-state index contributed by atoms with van der Waals surface area (Å²) in [4.78, 5) is 14.0. The molecule has 0 saturated heterocycles. The zero-order valence-corrected chi connectivity index (χ0v) is 12.3. The predicted octanol–water partition coefficient (Wildman–Crippen LogP) is 0.585. The fourth-order valence-electron chi connectivity index (χ4n) is 1.70. The Labute approximate surface area is 119 Å². The molecule has 0 aliphatic carbocycles. The van der Waals surface area contributed by atoms with Gasteiger partial charge in [-0.05, 0) is 25.2 Å². The van der Waals surface area contributed by atoms with Crippen LogP contribution >= 0.6 is 0 Å². The molecule has 0 aromatic heterocycles. The highest BCUT2D eigenvalue weighted by molar-refractivity contribution is 5.95. The van der Waals surface area contributed by atoms with Crippen molar-refractivity contribution >= 4 is 11.6 Å². The summed E-state index contributed by atoms with van der Waals surface area (Å²) in [6.45, 7) is 2.85.